The normalized spacial score (nSPS) is 12.6. The maximum Gasteiger partial charge on any atom is 0.219 e. The topological polar surface area (TPSA) is 51.8 Å². The van der Waals surface area contributed by atoms with Crippen molar-refractivity contribution in [1.82, 2.24) is 9.97 Å². The van der Waals surface area contributed by atoms with Crippen molar-refractivity contribution in [3.8, 4) is 0 Å². The van der Waals surface area contributed by atoms with E-state index in [1.807, 2.05) is 0 Å². The minimum absolute atomic E-state index is 0.01000. The van der Waals surface area contributed by atoms with Gasteiger partial charge in [0.2, 0.25) is 5.95 Å². The Kier molecular flexibility index (Phi) is 0.500. The van der Waals surface area contributed by atoms with Gasteiger partial charge in [0.1, 0.15) is 0 Å². The third-order valence-corrected chi connectivity index (χ3v) is 0.496. The Morgan fingerprint density at radius 3 is 3.14 bits per heavy atom. The molecule has 0 aromatic carbocycles. The molecule has 0 fully saturated rings. The lowest BCUT2D eigenvalue weighted by atomic mass is 10.7. The first kappa shape index (κ1) is 2.26. The van der Waals surface area contributed by atoms with E-state index in [9.17, 15) is 0 Å². The van der Waals surface area contributed by atoms with Gasteiger partial charge in [-0.1, -0.05) is 0 Å². The fourth-order valence-corrected chi connectivity index (χ4v) is 0.246. The van der Waals surface area contributed by atoms with Crippen LogP contribution in [-0.2, 0) is 0 Å². The second-order valence-electron chi connectivity index (χ2n) is 0.984. The largest absolute Gasteiger partial charge is 0.368 e. The lowest BCUT2D eigenvalue weighted by Crippen LogP contribution is -1.90. The number of rotatable bonds is 0. The number of hydrogen-bond acceptors (Lipinski definition) is 3. The van der Waals surface area contributed by atoms with Crippen LogP contribution < -0.4 is 5.73 Å². The summed E-state index contributed by atoms with van der Waals surface area (Å²) in [6.45, 7) is 0. The average molecular weight is 97.1 g/mol. The van der Waals surface area contributed by atoms with Crippen LogP contribution in [0.4, 0.5) is 5.95 Å². The highest BCUT2D eigenvalue weighted by Gasteiger charge is 1.75. The van der Waals surface area contributed by atoms with Gasteiger partial charge in [-0.3, -0.25) is 0 Å². The molecule has 36 valence electrons. The zero-order valence-electron chi connectivity index (χ0n) is 5.55. The molecule has 0 bridgehead atoms. The summed E-state index contributed by atoms with van der Waals surface area (Å²) in [5.74, 6) is 0.0380. The molecule has 0 spiro atoms. The Balaban J connectivity index is 3.17. The van der Waals surface area contributed by atoms with Crippen LogP contribution in [0.2, 0.25) is 0 Å². The van der Waals surface area contributed by atoms with E-state index >= 15 is 0 Å². The predicted octanol–water partition coefficient (Wildman–Crippen LogP) is 0.0588. The first-order chi connectivity index (χ1) is 4.20. The first-order valence-corrected chi connectivity index (χ1v) is 1.76. The van der Waals surface area contributed by atoms with Gasteiger partial charge in [-0.05, 0) is 6.04 Å². The monoisotopic (exact) mass is 97.1 g/mol. The zero-order chi connectivity index (χ0) is 6.85. The molecule has 1 heterocycles. The maximum atomic E-state index is 6.95. The standard InChI is InChI=1S/C4H5N3/c5-4-6-2-1-3-7-4/h1-3H,(H2,5,6,7)/i1D,2D. The second kappa shape index (κ2) is 1.55. The van der Waals surface area contributed by atoms with E-state index in [2.05, 4.69) is 9.97 Å². The number of nitrogens with two attached hydrogens (primary N) is 1. The number of nitrogens with zero attached hydrogens (tertiary/aromatic N) is 2. The molecule has 1 aromatic rings. The third-order valence-electron chi connectivity index (χ3n) is 0.496. The summed E-state index contributed by atoms with van der Waals surface area (Å²) < 4.78 is 13.9. The fraction of sp³-hybridized carbons (Fsp3) is 0. The van der Waals surface area contributed by atoms with Crippen molar-refractivity contribution in [2.45, 2.75) is 0 Å². The Bertz CT molecular complexity index is 225. The second-order valence-corrected chi connectivity index (χ2v) is 0.984. The molecule has 2 N–H and O–H groups in total. The summed E-state index contributed by atoms with van der Waals surface area (Å²) in [6, 6.07) is -0.01000. The molecule has 0 aliphatic heterocycles. The first-order valence-electron chi connectivity index (χ1n) is 2.76. The summed E-state index contributed by atoms with van der Waals surface area (Å²) in [7, 11) is 0. The smallest absolute Gasteiger partial charge is 0.219 e. The molecular weight excluding hydrogens is 90.1 g/mol. The summed E-state index contributed by atoms with van der Waals surface area (Å²) in [6.07, 6.45) is 1.06. The van der Waals surface area contributed by atoms with Crippen molar-refractivity contribution in [1.29, 1.82) is 0 Å². The Hall–Kier alpha value is -1.12. The molecule has 0 aliphatic rings. The van der Waals surface area contributed by atoms with E-state index in [1.165, 1.54) is 6.20 Å². The van der Waals surface area contributed by atoms with E-state index in [4.69, 9.17) is 8.48 Å². The number of aromatic nitrogens is 2. The summed E-state index contributed by atoms with van der Waals surface area (Å²) >= 11 is 0. The molecule has 1 aromatic heterocycles. The molecule has 0 unspecified atom stereocenters. The van der Waals surface area contributed by atoms with Gasteiger partial charge in [0.25, 0.3) is 0 Å². The van der Waals surface area contributed by atoms with Crippen molar-refractivity contribution < 1.29 is 2.74 Å². The quantitative estimate of drug-likeness (QED) is 0.498. The fourth-order valence-electron chi connectivity index (χ4n) is 0.246. The number of anilines is 1. The molecule has 0 radical (unpaired) electrons. The van der Waals surface area contributed by atoms with Gasteiger partial charge in [0.05, 0.1) is 2.74 Å². The van der Waals surface area contributed by atoms with Crippen LogP contribution in [0.3, 0.4) is 0 Å². The third kappa shape index (κ3) is 0.855. The Morgan fingerprint density at radius 2 is 2.57 bits per heavy atom. The van der Waals surface area contributed by atoms with Crippen LogP contribution in [0.25, 0.3) is 0 Å². The van der Waals surface area contributed by atoms with E-state index in [1.54, 1.807) is 0 Å². The zero-order valence-corrected chi connectivity index (χ0v) is 3.55. The SMILES string of the molecule is [2H]c1cnc(N)nc1[2H]. The predicted molar refractivity (Wildman–Crippen MR) is 26.4 cm³/mol. The summed E-state index contributed by atoms with van der Waals surface area (Å²) in [5, 5.41) is 0. The van der Waals surface area contributed by atoms with Gasteiger partial charge in [0.15, 0.2) is 0 Å². The molecule has 3 nitrogen and oxygen atoms in total. The van der Waals surface area contributed by atoms with Gasteiger partial charge in [-0.2, -0.15) is 0 Å². The van der Waals surface area contributed by atoms with Crippen molar-refractivity contribution in [2.24, 2.45) is 0 Å². The van der Waals surface area contributed by atoms with Gasteiger partial charge < -0.3 is 5.73 Å². The Morgan fingerprint density at radius 1 is 1.71 bits per heavy atom. The number of hydrogen-bond donors (Lipinski definition) is 1. The molecule has 0 amide bonds. The molecule has 1 rings (SSSR count). The lowest BCUT2D eigenvalue weighted by Gasteiger charge is -1.82. The molecule has 0 atom stereocenters. The minimum Gasteiger partial charge on any atom is -0.368 e. The van der Waals surface area contributed by atoms with Gasteiger partial charge >= 0.3 is 0 Å². The van der Waals surface area contributed by atoms with E-state index in [0.717, 1.165) is 0 Å². The van der Waals surface area contributed by atoms with Crippen LogP contribution in [0, 0.1) is 0 Å². The molecule has 3 heteroatoms. The van der Waals surface area contributed by atoms with Crippen molar-refractivity contribution in [3.05, 3.63) is 18.4 Å². The highest BCUT2D eigenvalue weighted by atomic mass is 15.0. The highest BCUT2D eigenvalue weighted by molar-refractivity contribution is 5.11. The van der Waals surface area contributed by atoms with Gasteiger partial charge in [-0.15, -0.1) is 0 Å². The highest BCUT2D eigenvalue weighted by Crippen LogP contribution is 1.81. The van der Waals surface area contributed by atoms with Crippen molar-refractivity contribution in [3.63, 3.8) is 0 Å². The summed E-state index contributed by atoms with van der Waals surface area (Å²) in [4.78, 5) is 6.92. The molecule has 0 aliphatic carbocycles. The van der Waals surface area contributed by atoms with Crippen LogP contribution in [-0.4, -0.2) is 9.97 Å². The minimum atomic E-state index is -0.137. The molecule has 0 saturated heterocycles. The van der Waals surface area contributed by atoms with Gasteiger partial charge in [-0.25, -0.2) is 9.97 Å². The molecule has 7 heavy (non-hydrogen) atoms. The van der Waals surface area contributed by atoms with Crippen LogP contribution in [0.1, 0.15) is 2.74 Å². The molecular formula is C4H5N3. The Labute approximate surface area is 44.0 Å². The van der Waals surface area contributed by atoms with Gasteiger partial charge in [0, 0.05) is 12.4 Å². The van der Waals surface area contributed by atoms with E-state index in [-0.39, 0.29) is 18.2 Å². The van der Waals surface area contributed by atoms with Crippen LogP contribution in [0.15, 0.2) is 18.4 Å². The lowest BCUT2D eigenvalue weighted by molar-refractivity contribution is 1.19. The van der Waals surface area contributed by atoms with E-state index < -0.39 is 0 Å². The number of nitrogen functional groups attached to an aromatic ring is 1. The average Bonchev–Trinajstić information content (AvgIpc) is 1.80. The van der Waals surface area contributed by atoms with E-state index in [0.29, 0.717) is 0 Å². The van der Waals surface area contributed by atoms with Crippen LogP contribution in [0.5, 0.6) is 0 Å². The molecule has 0 saturated carbocycles. The summed E-state index contributed by atoms with van der Waals surface area (Å²) in [5.41, 5.74) is 5.10. The van der Waals surface area contributed by atoms with Crippen molar-refractivity contribution in [2.75, 3.05) is 5.73 Å². The maximum absolute atomic E-state index is 6.95. The van der Waals surface area contributed by atoms with Crippen LogP contribution >= 0.6 is 0 Å². The van der Waals surface area contributed by atoms with Crippen molar-refractivity contribution >= 4 is 5.95 Å².